The Balaban J connectivity index is 0.000001000. The molecule has 1 heterocycles. The van der Waals surface area contributed by atoms with Gasteiger partial charge in [-0.25, -0.2) is 0 Å². The number of rotatable bonds is 2. The molecule has 0 amide bonds. The Labute approximate surface area is 114 Å². The second-order valence-corrected chi connectivity index (χ2v) is 5.93. The monoisotopic (exact) mass is 196 g/mol. The Hall–Kier alpha value is 1.55. The van der Waals surface area contributed by atoms with Crippen molar-refractivity contribution in [1.29, 1.82) is 0 Å². The van der Waals surface area contributed by atoms with Crippen LogP contribution in [0.3, 0.4) is 0 Å². The molecule has 3 heteroatoms. The van der Waals surface area contributed by atoms with Gasteiger partial charge in [0.05, 0.1) is 8.80 Å². The van der Waals surface area contributed by atoms with Crippen molar-refractivity contribution >= 4 is 60.2 Å². The predicted octanol–water partition coefficient (Wildman–Crippen LogP) is 1.03. The van der Waals surface area contributed by atoms with E-state index < -0.39 is 8.80 Å². The van der Waals surface area contributed by atoms with E-state index in [0.29, 0.717) is 5.73 Å². The topological polar surface area (TPSA) is 9.23 Å². The molecule has 0 aliphatic carbocycles. The standard InChI is InChI=1S/C8H16OSi.K.H/c1-3-10(2)8-6-4-5-7-9-8;;/h3,8,10H,1,4-7H2,2H3;;. The molecule has 1 saturated heterocycles. The van der Waals surface area contributed by atoms with Crippen molar-refractivity contribution in [3.05, 3.63) is 12.3 Å². The minimum atomic E-state index is -0.721. The minimum absolute atomic E-state index is 0. The van der Waals surface area contributed by atoms with E-state index in [0.717, 1.165) is 6.61 Å². The Morgan fingerprint density at radius 2 is 2.27 bits per heavy atom. The molecular formula is C8H17KOSi. The summed E-state index contributed by atoms with van der Waals surface area (Å²) in [6, 6.07) is 0. The molecule has 0 aromatic rings. The van der Waals surface area contributed by atoms with Crippen molar-refractivity contribution in [1.82, 2.24) is 0 Å². The summed E-state index contributed by atoms with van der Waals surface area (Å²) >= 11 is 0. The Bertz CT molecular complexity index is 113. The van der Waals surface area contributed by atoms with E-state index in [2.05, 4.69) is 18.8 Å². The third-order valence-electron chi connectivity index (χ3n) is 2.17. The van der Waals surface area contributed by atoms with Crippen molar-refractivity contribution in [2.45, 2.75) is 31.5 Å². The number of hydrogen-bond acceptors (Lipinski definition) is 1. The molecule has 1 aliphatic rings. The molecule has 0 radical (unpaired) electrons. The van der Waals surface area contributed by atoms with Gasteiger partial charge in [-0.1, -0.05) is 6.55 Å². The van der Waals surface area contributed by atoms with E-state index in [1.54, 1.807) is 0 Å². The van der Waals surface area contributed by atoms with Crippen LogP contribution in [0, 0.1) is 0 Å². The molecule has 2 unspecified atom stereocenters. The van der Waals surface area contributed by atoms with Crippen LogP contribution >= 0.6 is 0 Å². The summed E-state index contributed by atoms with van der Waals surface area (Å²) in [7, 11) is -0.721. The molecule has 0 aromatic heterocycles. The van der Waals surface area contributed by atoms with Crippen molar-refractivity contribution in [3.8, 4) is 0 Å². The first-order valence-electron chi connectivity index (χ1n) is 4.08. The van der Waals surface area contributed by atoms with Crippen molar-refractivity contribution in [2.24, 2.45) is 0 Å². The summed E-state index contributed by atoms with van der Waals surface area (Å²) in [5.74, 6) is 0. The first-order chi connectivity index (χ1) is 4.84. The van der Waals surface area contributed by atoms with Gasteiger partial charge in [0.2, 0.25) is 0 Å². The van der Waals surface area contributed by atoms with Crippen molar-refractivity contribution in [3.63, 3.8) is 0 Å². The van der Waals surface area contributed by atoms with Gasteiger partial charge in [-0.2, -0.15) is 0 Å². The fourth-order valence-corrected chi connectivity index (χ4v) is 2.84. The third kappa shape index (κ3) is 4.36. The molecule has 0 N–H and O–H groups in total. The molecule has 11 heavy (non-hydrogen) atoms. The quantitative estimate of drug-likeness (QED) is 0.600. The van der Waals surface area contributed by atoms with Gasteiger partial charge in [0, 0.05) is 12.3 Å². The van der Waals surface area contributed by atoms with Gasteiger partial charge >= 0.3 is 51.4 Å². The van der Waals surface area contributed by atoms with Crippen LogP contribution in [-0.2, 0) is 4.74 Å². The van der Waals surface area contributed by atoms with E-state index >= 15 is 0 Å². The molecule has 2 atom stereocenters. The van der Waals surface area contributed by atoms with Crippen LogP contribution < -0.4 is 0 Å². The molecule has 60 valence electrons. The molecule has 0 aromatic carbocycles. The van der Waals surface area contributed by atoms with E-state index in [1.165, 1.54) is 19.3 Å². The molecule has 0 saturated carbocycles. The first kappa shape index (κ1) is 12.6. The summed E-state index contributed by atoms with van der Waals surface area (Å²) in [4.78, 5) is 0. The van der Waals surface area contributed by atoms with E-state index in [-0.39, 0.29) is 51.4 Å². The van der Waals surface area contributed by atoms with E-state index in [9.17, 15) is 0 Å². The molecular weight excluding hydrogens is 179 g/mol. The molecule has 1 nitrogen and oxygen atoms in total. The van der Waals surface area contributed by atoms with Crippen LogP contribution in [0.15, 0.2) is 12.3 Å². The van der Waals surface area contributed by atoms with Gasteiger partial charge in [-0.15, -0.1) is 12.3 Å². The molecule has 1 rings (SSSR count). The summed E-state index contributed by atoms with van der Waals surface area (Å²) in [5.41, 5.74) is 2.71. The van der Waals surface area contributed by atoms with Gasteiger partial charge in [0.1, 0.15) is 0 Å². The van der Waals surface area contributed by atoms with Gasteiger partial charge < -0.3 is 4.74 Å². The van der Waals surface area contributed by atoms with Gasteiger partial charge in [0.25, 0.3) is 0 Å². The third-order valence-corrected chi connectivity index (χ3v) is 4.62. The normalized spacial score (nSPS) is 26.8. The maximum atomic E-state index is 5.62. The van der Waals surface area contributed by atoms with Gasteiger partial charge in [0.15, 0.2) is 0 Å². The second-order valence-electron chi connectivity index (χ2n) is 3.00. The zero-order valence-corrected chi connectivity index (χ0v) is 7.83. The molecule has 0 spiro atoms. The fourth-order valence-electron chi connectivity index (χ4n) is 1.33. The van der Waals surface area contributed by atoms with Crippen LogP contribution in [0.5, 0.6) is 0 Å². The van der Waals surface area contributed by atoms with Crippen molar-refractivity contribution < 1.29 is 4.74 Å². The van der Waals surface area contributed by atoms with E-state index in [4.69, 9.17) is 4.74 Å². The fraction of sp³-hybridized carbons (Fsp3) is 0.750. The SMILES string of the molecule is C=C[SiH](C)C1CCCCO1.[KH]. The van der Waals surface area contributed by atoms with Gasteiger partial charge in [-0.05, 0) is 19.3 Å². The molecule has 0 bridgehead atoms. The average molecular weight is 196 g/mol. The number of ether oxygens (including phenoxy) is 1. The molecule has 1 aliphatic heterocycles. The summed E-state index contributed by atoms with van der Waals surface area (Å²) < 4.78 is 5.62. The van der Waals surface area contributed by atoms with Crippen LogP contribution in [0.4, 0.5) is 0 Å². The second kappa shape index (κ2) is 7.00. The Morgan fingerprint density at radius 3 is 2.73 bits per heavy atom. The Kier molecular flexibility index (Phi) is 7.99. The van der Waals surface area contributed by atoms with Crippen LogP contribution in [0.25, 0.3) is 0 Å². The van der Waals surface area contributed by atoms with Gasteiger partial charge in [-0.3, -0.25) is 0 Å². The summed E-state index contributed by atoms with van der Waals surface area (Å²) in [5, 5.41) is 0. The van der Waals surface area contributed by atoms with Crippen LogP contribution in [0.1, 0.15) is 19.3 Å². The zero-order valence-electron chi connectivity index (χ0n) is 6.68. The van der Waals surface area contributed by atoms with Crippen LogP contribution in [0.2, 0.25) is 6.55 Å². The first-order valence-corrected chi connectivity index (χ1v) is 6.57. The predicted molar refractivity (Wildman–Crippen MR) is 54.0 cm³/mol. The number of hydrogen-bond donors (Lipinski definition) is 0. The summed E-state index contributed by atoms with van der Waals surface area (Å²) in [6.07, 6.45) is 3.89. The maximum absolute atomic E-state index is 5.62. The zero-order chi connectivity index (χ0) is 7.40. The Morgan fingerprint density at radius 1 is 1.55 bits per heavy atom. The van der Waals surface area contributed by atoms with Crippen molar-refractivity contribution in [2.75, 3.05) is 6.61 Å². The average Bonchev–Trinajstić information content (AvgIpc) is 2.05. The van der Waals surface area contributed by atoms with Crippen LogP contribution in [-0.4, -0.2) is 72.5 Å². The van der Waals surface area contributed by atoms with E-state index in [1.807, 2.05) is 0 Å². The summed E-state index contributed by atoms with van der Waals surface area (Å²) in [6.45, 7) is 7.11. The molecule has 1 fully saturated rings.